The molecule has 0 aromatic heterocycles. The number of hydrogen-bond acceptors (Lipinski definition) is 3. The minimum absolute atomic E-state index is 0.0936. The summed E-state index contributed by atoms with van der Waals surface area (Å²) in [7, 11) is 0. The molecule has 4 heteroatoms. The Labute approximate surface area is 110 Å². The molecule has 0 spiro atoms. The second kappa shape index (κ2) is 5.82. The van der Waals surface area contributed by atoms with Crippen molar-refractivity contribution in [1.82, 2.24) is 0 Å². The van der Waals surface area contributed by atoms with Crippen LogP contribution in [0.25, 0.3) is 0 Å². The number of aliphatic hydroxyl groups excluding tert-OH is 2. The summed E-state index contributed by atoms with van der Waals surface area (Å²) in [6.45, 7) is 1.39. The molecule has 1 atom stereocenters. The van der Waals surface area contributed by atoms with Crippen molar-refractivity contribution in [2.75, 3.05) is 0 Å². The third-order valence-corrected chi connectivity index (χ3v) is 2.74. The largest absolute Gasteiger partial charge is 0.457 e. The summed E-state index contributed by atoms with van der Waals surface area (Å²) in [6, 6.07) is 11.3. The van der Waals surface area contributed by atoms with Crippen LogP contribution in [0.15, 0.2) is 42.5 Å². The van der Waals surface area contributed by atoms with Crippen LogP contribution < -0.4 is 4.74 Å². The minimum Gasteiger partial charge on any atom is -0.457 e. The van der Waals surface area contributed by atoms with Gasteiger partial charge in [0.2, 0.25) is 0 Å². The molecule has 0 unspecified atom stereocenters. The maximum absolute atomic E-state index is 13.7. The maximum Gasteiger partial charge on any atom is 0.136 e. The van der Waals surface area contributed by atoms with Crippen LogP contribution in [-0.4, -0.2) is 10.2 Å². The molecule has 3 nitrogen and oxygen atoms in total. The first kappa shape index (κ1) is 13.5. The van der Waals surface area contributed by atoms with Gasteiger partial charge < -0.3 is 14.9 Å². The molecule has 0 radical (unpaired) electrons. The Morgan fingerprint density at radius 2 is 1.95 bits per heavy atom. The normalized spacial score (nSPS) is 12.2. The van der Waals surface area contributed by atoms with Crippen LogP contribution >= 0.6 is 0 Å². The first-order chi connectivity index (χ1) is 9.11. The smallest absolute Gasteiger partial charge is 0.136 e. The van der Waals surface area contributed by atoms with Crippen molar-refractivity contribution in [2.24, 2.45) is 0 Å². The lowest BCUT2D eigenvalue weighted by Crippen LogP contribution is -2.00. The molecule has 0 amide bonds. The van der Waals surface area contributed by atoms with Gasteiger partial charge in [0.05, 0.1) is 18.3 Å². The standard InChI is InChI=1S/C15H15FO3/c1-10(18)15-13(16)6-3-7-14(15)19-12-5-2-4-11(8-12)9-17/h2-8,10,17-18H,9H2,1H3/t10-/m1/s1. The van der Waals surface area contributed by atoms with Gasteiger partial charge in [-0.1, -0.05) is 18.2 Å². The fraction of sp³-hybridized carbons (Fsp3) is 0.200. The molecule has 100 valence electrons. The van der Waals surface area contributed by atoms with E-state index in [1.54, 1.807) is 30.3 Å². The second-order valence-electron chi connectivity index (χ2n) is 4.24. The van der Waals surface area contributed by atoms with Gasteiger partial charge in [0, 0.05) is 0 Å². The average Bonchev–Trinajstić information content (AvgIpc) is 2.38. The minimum atomic E-state index is -0.961. The van der Waals surface area contributed by atoms with Gasteiger partial charge in [0.15, 0.2) is 0 Å². The highest BCUT2D eigenvalue weighted by Crippen LogP contribution is 2.31. The van der Waals surface area contributed by atoms with E-state index < -0.39 is 11.9 Å². The van der Waals surface area contributed by atoms with Crippen LogP contribution in [0.5, 0.6) is 11.5 Å². The van der Waals surface area contributed by atoms with E-state index in [1.807, 2.05) is 0 Å². The van der Waals surface area contributed by atoms with E-state index in [2.05, 4.69) is 0 Å². The van der Waals surface area contributed by atoms with Crippen molar-refractivity contribution < 1.29 is 19.3 Å². The summed E-state index contributed by atoms with van der Waals surface area (Å²) in [5.74, 6) is 0.245. The molecular formula is C15H15FO3. The molecule has 2 N–H and O–H groups in total. The van der Waals surface area contributed by atoms with Crippen molar-refractivity contribution in [3.63, 3.8) is 0 Å². The highest BCUT2D eigenvalue weighted by molar-refractivity contribution is 5.40. The predicted molar refractivity (Wildman–Crippen MR) is 69.5 cm³/mol. The Morgan fingerprint density at radius 1 is 1.21 bits per heavy atom. The summed E-state index contributed by atoms with van der Waals surface area (Å²) in [4.78, 5) is 0. The van der Waals surface area contributed by atoms with Crippen LogP contribution in [0.2, 0.25) is 0 Å². The van der Waals surface area contributed by atoms with E-state index in [0.717, 1.165) is 0 Å². The van der Waals surface area contributed by atoms with Crippen molar-refractivity contribution in [3.8, 4) is 11.5 Å². The molecule has 0 aliphatic heterocycles. The van der Waals surface area contributed by atoms with E-state index in [9.17, 15) is 9.50 Å². The van der Waals surface area contributed by atoms with Crippen LogP contribution in [0.1, 0.15) is 24.2 Å². The lowest BCUT2D eigenvalue weighted by molar-refractivity contribution is 0.190. The fourth-order valence-electron chi connectivity index (χ4n) is 1.85. The third kappa shape index (κ3) is 3.10. The lowest BCUT2D eigenvalue weighted by atomic mass is 10.1. The van der Waals surface area contributed by atoms with Crippen LogP contribution in [0.3, 0.4) is 0 Å². The lowest BCUT2D eigenvalue weighted by Gasteiger charge is -2.14. The average molecular weight is 262 g/mol. The highest BCUT2D eigenvalue weighted by Gasteiger charge is 2.15. The predicted octanol–water partition coefficient (Wildman–Crippen LogP) is 3.16. The van der Waals surface area contributed by atoms with E-state index in [4.69, 9.17) is 9.84 Å². The molecule has 0 saturated heterocycles. The molecule has 2 aromatic carbocycles. The van der Waals surface area contributed by atoms with E-state index in [-0.39, 0.29) is 17.9 Å². The zero-order valence-corrected chi connectivity index (χ0v) is 10.5. The highest BCUT2D eigenvalue weighted by atomic mass is 19.1. The molecule has 2 aromatic rings. The molecule has 0 bridgehead atoms. The summed E-state index contributed by atoms with van der Waals surface area (Å²) >= 11 is 0. The zero-order valence-electron chi connectivity index (χ0n) is 10.5. The van der Waals surface area contributed by atoms with E-state index in [0.29, 0.717) is 11.3 Å². The molecule has 0 heterocycles. The second-order valence-corrected chi connectivity index (χ2v) is 4.24. The van der Waals surface area contributed by atoms with Gasteiger partial charge in [-0.2, -0.15) is 0 Å². The van der Waals surface area contributed by atoms with Gasteiger partial charge in [-0.15, -0.1) is 0 Å². The number of benzene rings is 2. The number of halogens is 1. The molecule has 0 saturated carbocycles. The maximum atomic E-state index is 13.7. The fourth-order valence-corrected chi connectivity index (χ4v) is 1.85. The van der Waals surface area contributed by atoms with Crippen molar-refractivity contribution >= 4 is 0 Å². The van der Waals surface area contributed by atoms with Crippen molar-refractivity contribution in [1.29, 1.82) is 0 Å². The van der Waals surface area contributed by atoms with E-state index in [1.165, 1.54) is 19.1 Å². The van der Waals surface area contributed by atoms with Gasteiger partial charge in [-0.3, -0.25) is 0 Å². The summed E-state index contributed by atoms with van der Waals surface area (Å²) in [5, 5.41) is 18.7. The molecular weight excluding hydrogens is 247 g/mol. The van der Waals surface area contributed by atoms with Gasteiger partial charge in [0.1, 0.15) is 17.3 Å². The van der Waals surface area contributed by atoms with Gasteiger partial charge in [-0.25, -0.2) is 4.39 Å². The van der Waals surface area contributed by atoms with Crippen LogP contribution in [0, 0.1) is 5.82 Å². The topological polar surface area (TPSA) is 49.7 Å². The number of aliphatic hydroxyl groups is 2. The Balaban J connectivity index is 2.35. The molecule has 2 rings (SSSR count). The van der Waals surface area contributed by atoms with E-state index >= 15 is 0 Å². The van der Waals surface area contributed by atoms with Crippen molar-refractivity contribution in [3.05, 3.63) is 59.4 Å². The summed E-state index contributed by atoms with van der Waals surface area (Å²) < 4.78 is 19.3. The van der Waals surface area contributed by atoms with Gasteiger partial charge in [0.25, 0.3) is 0 Å². The Morgan fingerprint density at radius 3 is 2.63 bits per heavy atom. The first-order valence-electron chi connectivity index (χ1n) is 5.96. The molecule has 19 heavy (non-hydrogen) atoms. The van der Waals surface area contributed by atoms with Crippen molar-refractivity contribution in [2.45, 2.75) is 19.6 Å². The van der Waals surface area contributed by atoms with Gasteiger partial charge >= 0.3 is 0 Å². The Bertz CT molecular complexity index is 567. The molecule has 0 fully saturated rings. The SMILES string of the molecule is C[C@@H](O)c1c(F)cccc1Oc1cccc(CO)c1. The summed E-state index contributed by atoms with van der Waals surface area (Å²) in [5.41, 5.74) is 0.824. The monoisotopic (exact) mass is 262 g/mol. The zero-order chi connectivity index (χ0) is 13.8. The molecule has 0 aliphatic rings. The number of ether oxygens (including phenoxy) is 1. The quantitative estimate of drug-likeness (QED) is 0.889. The van der Waals surface area contributed by atoms with Crippen LogP contribution in [0.4, 0.5) is 4.39 Å². The van der Waals surface area contributed by atoms with Crippen LogP contribution in [-0.2, 0) is 6.61 Å². The number of hydrogen-bond donors (Lipinski definition) is 2. The Kier molecular flexibility index (Phi) is 4.14. The van der Waals surface area contributed by atoms with Gasteiger partial charge in [-0.05, 0) is 36.8 Å². The first-order valence-corrected chi connectivity index (χ1v) is 5.96. The third-order valence-electron chi connectivity index (χ3n) is 2.74. The molecule has 0 aliphatic carbocycles. The summed E-state index contributed by atoms with van der Waals surface area (Å²) in [6.07, 6.45) is -0.961. The Hall–Kier alpha value is -1.91. The number of rotatable bonds is 4.